The zero-order chi connectivity index (χ0) is 20.8. The molecular formula is C26H42O3. The first-order valence-electron chi connectivity index (χ1n) is 12.5. The van der Waals surface area contributed by atoms with Gasteiger partial charge in [0, 0.05) is 11.8 Å². The molecule has 2 N–H and O–H groups in total. The van der Waals surface area contributed by atoms with Crippen molar-refractivity contribution in [3.8, 4) is 0 Å². The Morgan fingerprint density at radius 1 is 0.931 bits per heavy atom. The van der Waals surface area contributed by atoms with Crippen molar-refractivity contribution in [1.29, 1.82) is 0 Å². The number of ketones is 1. The molecule has 0 aromatic heterocycles. The van der Waals surface area contributed by atoms with E-state index in [1.54, 1.807) is 0 Å². The zero-order valence-corrected chi connectivity index (χ0v) is 19.0. The number of fused-ring (bicyclic) bond motifs is 7. The van der Waals surface area contributed by atoms with E-state index in [1.165, 1.54) is 25.7 Å². The highest BCUT2D eigenvalue weighted by Crippen LogP contribution is 2.75. The average Bonchev–Trinajstić information content (AvgIpc) is 2.95. The molecule has 10 atom stereocenters. The minimum absolute atomic E-state index is 0.0818. The smallest absolute Gasteiger partial charge is 0.136 e. The van der Waals surface area contributed by atoms with Crippen molar-refractivity contribution in [3.63, 3.8) is 0 Å². The van der Waals surface area contributed by atoms with Crippen LogP contribution in [0.3, 0.4) is 0 Å². The second-order valence-electron chi connectivity index (χ2n) is 12.4. The standard InChI is InChI=1S/C26H42O3/c1-16-13-20-21(24(4)11-8-19(28)15-26(16,24)29)9-12-23(3)22(20)14-18-7-5-6-10-25(18,23)17(2)27/h16,18-22,28-29H,5-15H2,1-4H3/t16-,18+,19-,20+,21+,22-,23+,24-,25-,26-/m1/s1. The molecule has 5 rings (SSSR count). The van der Waals surface area contributed by atoms with Crippen LogP contribution in [0.2, 0.25) is 0 Å². The summed E-state index contributed by atoms with van der Waals surface area (Å²) in [6.45, 7) is 8.96. The van der Waals surface area contributed by atoms with E-state index in [9.17, 15) is 15.0 Å². The van der Waals surface area contributed by atoms with E-state index in [0.29, 0.717) is 35.9 Å². The average molecular weight is 403 g/mol. The lowest BCUT2D eigenvalue weighted by Gasteiger charge is -2.66. The third kappa shape index (κ3) is 2.30. The molecule has 29 heavy (non-hydrogen) atoms. The molecule has 0 heterocycles. The molecule has 0 aromatic carbocycles. The number of Topliss-reactive ketones (excluding diaryl/α,β-unsaturated/α-hetero) is 1. The van der Waals surface area contributed by atoms with Crippen LogP contribution in [0.4, 0.5) is 0 Å². The number of carbonyl (C=O) groups excluding carboxylic acids is 1. The Morgan fingerprint density at radius 3 is 2.38 bits per heavy atom. The maximum atomic E-state index is 13.2. The van der Waals surface area contributed by atoms with Gasteiger partial charge in [-0.2, -0.15) is 0 Å². The Balaban J connectivity index is 1.55. The van der Waals surface area contributed by atoms with Crippen molar-refractivity contribution in [2.45, 2.75) is 110 Å². The van der Waals surface area contributed by atoms with Crippen LogP contribution in [0.25, 0.3) is 0 Å². The predicted molar refractivity (Wildman–Crippen MR) is 114 cm³/mol. The molecule has 5 aliphatic carbocycles. The Morgan fingerprint density at radius 2 is 1.66 bits per heavy atom. The normalized spacial score (nSPS) is 59.2. The first kappa shape index (κ1) is 20.5. The van der Waals surface area contributed by atoms with Gasteiger partial charge in [0.05, 0.1) is 11.7 Å². The van der Waals surface area contributed by atoms with Crippen molar-refractivity contribution in [2.75, 3.05) is 0 Å². The highest BCUT2D eigenvalue weighted by molar-refractivity contribution is 5.84. The summed E-state index contributed by atoms with van der Waals surface area (Å²) in [6.07, 6.45) is 11.5. The largest absolute Gasteiger partial charge is 0.393 e. The first-order valence-corrected chi connectivity index (χ1v) is 12.5. The topological polar surface area (TPSA) is 57.5 Å². The van der Waals surface area contributed by atoms with E-state index >= 15 is 0 Å². The molecule has 5 fully saturated rings. The summed E-state index contributed by atoms with van der Waals surface area (Å²) >= 11 is 0. The van der Waals surface area contributed by atoms with Gasteiger partial charge in [-0.1, -0.05) is 33.6 Å². The minimum Gasteiger partial charge on any atom is -0.393 e. The van der Waals surface area contributed by atoms with Crippen molar-refractivity contribution in [2.24, 2.45) is 45.8 Å². The highest BCUT2D eigenvalue weighted by atomic mass is 16.3. The molecule has 0 radical (unpaired) electrons. The summed E-state index contributed by atoms with van der Waals surface area (Å²) in [5.41, 5.74) is -0.761. The van der Waals surface area contributed by atoms with Gasteiger partial charge in [-0.15, -0.1) is 0 Å². The fraction of sp³-hybridized carbons (Fsp3) is 0.962. The van der Waals surface area contributed by atoms with E-state index in [-0.39, 0.29) is 28.3 Å². The second kappa shape index (κ2) is 6.31. The van der Waals surface area contributed by atoms with Gasteiger partial charge >= 0.3 is 0 Å². The van der Waals surface area contributed by atoms with Crippen LogP contribution in [-0.2, 0) is 4.79 Å². The predicted octanol–water partition coefficient (Wildman–Crippen LogP) is 5.13. The third-order valence-electron chi connectivity index (χ3n) is 11.9. The number of hydrogen-bond donors (Lipinski definition) is 2. The maximum Gasteiger partial charge on any atom is 0.136 e. The molecule has 5 aliphatic rings. The summed E-state index contributed by atoms with van der Waals surface area (Å²) in [6, 6.07) is 0. The second-order valence-corrected chi connectivity index (χ2v) is 12.4. The van der Waals surface area contributed by atoms with Crippen LogP contribution < -0.4 is 0 Å². The van der Waals surface area contributed by atoms with Gasteiger partial charge < -0.3 is 10.2 Å². The Kier molecular flexibility index (Phi) is 4.46. The van der Waals surface area contributed by atoms with Crippen molar-refractivity contribution in [1.82, 2.24) is 0 Å². The van der Waals surface area contributed by atoms with Gasteiger partial charge in [0.2, 0.25) is 0 Å². The molecule has 0 aromatic rings. The third-order valence-corrected chi connectivity index (χ3v) is 11.9. The molecule has 0 bridgehead atoms. The molecule has 0 spiro atoms. The molecule has 0 unspecified atom stereocenters. The number of aliphatic hydroxyl groups is 2. The van der Waals surface area contributed by atoms with Gasteiger partial charge in [-0.25, -0.2) is 0 Å². The van der Waals surface area contributed by atoms with E-state index in [4.69, 9.17) is 0 Å². The van der Waals surface area contributed by atoms with Crippen molar-refractivity contribution in [3.05, 3.63) is 0 Å². The number of carbonyl (C=O) groups is 1. The highest BCUT2D eigenvalue weighted by Gasteiger charge is 2.71. The van der Waals surface area contributed by atoms with Crippen LogP contribution >= 0.6 is 0 Å². The van der Waals surface area contributed by atoms with Gasteiger partial charge in [-0.05, 0) is 98.7 Å². The van der Waals surface area contributed by atoms with Crippen LogP contribution in [0.5, 0.6) is 0 Å². The van der Waals surface area contributed by atoms with Crippen LogP contribution in [0, 0.1) is 45.8 Å². The fourth-order valence-electron chi connectivity index (χ4n) is 10.5. The van der Waals surface area contributed by atoms with Crippen molar-refractivity contribution >= 4 is 5.78 Å². The van der Waals surface area contributed by atoms with E-state index in [0.717, 1.165) is 38.5 Å². The SMILES string of the molecule is CC(=O)[C@]12CCCC[C@H]1C[C@@H]1[C@H]3C[C@@H](C)[C@]4(O)C[C@H](O)CC[C@]4(C)[C@H]3CC[C@@]12C. The quantitative estimate of drug-likeness (QED) is 0.639. The number of rotatable bonds is 1. The first-order chi connectivity index (χ1) is 13.6. The number of hydrogen-bond acceptors (Lipinski definition) is 3. The fourth-order valence-corrected chi connectivity index (χ4v) is 10.5. The van der Waals surface area contributed by atoms with Gasteiger partial charge in [0.15, 0.2) is 0 Å². The molecule has 0 amide bonds. The van der Waals surface area contributed by atoms with Crippen molar-refractivity contribution < 1.29 is 15.0 Å². The summed E-state index contributed by atoms with van der Waals surface area (Å²) in [5, 5.41) is 22.2. The summed E-state index contributed by atoms with van der Waals surface area (Å²) in [4.78, 5) is 13.2. The summed E-state index contributed by atoms with van der Waals surface area (Å²) in [7, 11) is 0. The molecule has 0 aliphatic heterocycles. The number of aliphatic hydroxyl groups excluding tert-OH is 1. The van der Waals surface area contributed by atoms with Gasteiger partial charge in [0.1, 0.15) is 5.78 Å². The van der Waals surface area contributed by atoms with Crippen LogP contribution in [-0.4, -0.2) is 27.7 Å². The monoisotopic (exact) mass is 402 g/mol. The Bertz CT molecular complexity index is 704. The molecule has 3 nitrogen and oxygen atoms in total. The van der Waals surface area contributed by atoms with E-state index < -0.39 is 5.60 Å². The Hall–Kier alpha value is -0.410. The molecule has 5 saturated carbocycles. The molecule has 164 valence electrons. The van der Waals surface area contributed by atoms with Gasteiger partial charge in [0.25, 0.3) is 0 Å². The van der Waals surface area contributed by atoms with E-state index in [2.05, 4.69) is 20.8 Å². The lowest BCUT2D eigenvalue weighted by Crippen LogP contribution is -2.66. The van der Waals surface area contributed by atoms with E-state index in [1.807, 2.05) is 6.92 Å². The summed E-state index contributed by atoms with van der Waals surface area (Å²) in [5.74, 6) is 3.08. The Labute approximate surface area is 177 Å². The lowest BCUT2D eigenvalue weighted by atomic mass is 9.40. The lowest BCUT2D eigenvalue weighted by molar-refractivity contribution is -0.246. The zero-order valence-electron chi connectivity index (χ0n) is 19.0. The van der Waals surface area contributed by atoms with Crippen LogP contribution in [0.1, 0.15) is 98.3 Å². The summed E-state index contributed by atoms with van der Waals surface area (Å²) < 4.78 is 0. The minimum atomic E-state index is -0.733. The van der Waals surface area contributed by atoms with Crippen LogP contribution in [0.15, 0.2) is 0 Å². The maximum absolute atomic E-state index is 13.2. The molecule has 3 heteroatoms. The molecule has 0 saturated heterocycles. The molecular weight excluding hydrogens is 360 g/mol. The van der Waals surface area contributed by atoms with Gasteiger partial charge in [-0.3, -0.25) is 4.79 Å².